The number of hydrogen-bond acceptors (Lipinski definition) is 2. The lowest BCUT2D eigenvalue weighted by molar-refractivity contribution is -0.114. The molecular formula is C20H28O2. The van der Waals surface area contributed by atoms with E-state index in [1.54, 1.807) is 5.57 Å². The molecule has 120 valence electrons. The summed E-state index contributed by atoms with van der Waals surface area (Å²) < 4.78 is 0. The average molecular weight is 300 g/mol. The number of aliphatic hydroxyl groups is 1. The number of carbonyl (C=O) groups is 1. The maximum absolute atomic E-state index is 11.8. The van der Waals surface area contributed by atoms with Crippen molar-refractivity contribution in [2.45, 2.75) is 64.7 Å². The highest BCUT2D eigenvalue weighted by Gasteiger charge is 2.51. The smallest absolute Gasteiger partial charge is 0.156 e. The molecule has 0 aliphatic heterocycles. The molecule has 2 fully saturated rings. The van der Waals surface area contributed by atoms with Crippen LogP contribution in [0, 0.1) is 23.2 Å². The van der Waals surface area contributed by atoms with E-state index in [4.69, 9.17) is 0 Å². The van der Waals surface area contributed by atoms with Gasteiger partial charge in [-0.2, -0.15) is 0 Å². The summed E-state index contributed by atoms with van der Waals surface area (Å²) in [6.07, 6.45) is 12.3. The van der Waals surface area contributed by atoms with Gasteiger partial charge in [-0.15, -0.1) is 0 Å². The number of carbonyl (C=O) groups excluding carboxylic acids is 1. The largest absolute Gasteiger partial charge is 0.396 e. The van der Waals surface area contributed by atoms with Crippen molar-refractivity contribution in [3.05, 3.63) is 22.8 Å². The molecule has 0 amide bonds. The fourth-order valence-corrected chi connectivity index (χ4v) is 6.26. The molecule has 0 aromatic carbocycles. The van der Waals surface area contributed by atoms with E-state index in [1.807, 2.05) is 6.08 Å². The first kappa shape index (κ1) is 14.7. The molecule has 4 atom stereocenters. The van der Waals surface area contributed by atoms with E-state index in [1.165, 1.54) is 43.3 Å². The topological polar surface area (TPSA) is 37.3 Å². The summed E-state index contributed by atoms with van der Waals surface area (Å²) in [4.78, 5) is 11.8. The van der Waals surface area contributed by atoms with Gasteiger partial charge in [0.25, 0.3) is 0 Å². The standard InChI is InChI=1S/C20H28O2/c1-20-9-2-3-18(20)17-6-4-13-11-15(22)5-7-16(13)19(17)14(12-20)8-10-21/h11,14,17-18,21H,2-10,12H2,1H3/t14-,17-,18-,20-/m0/s1. The Balaban J connectivity index is 1.79. The summed E-state index contributed by atoms with van der Waals surface area (Å²) in [6.45, 7) is 2.80. The van der Waals surface area contributed by atoms with Crippen LogP contribution in [0.25, 0.3) is 0 Å². The predicted octanol–water partition coefficient (Wildman–Crippen LogP) is 4.19. The summed E-state index contributed by atoms with van der Waals surface area (Å²) in [5.41, 5.74) is 5.04. The van der Waals surface area contributed by atoms with Crippen molar-refractivity contribution < 1.29 is 9.90 Å². The van der Waals surface area contributed by atoms with Crippen LogP contribution >= 0.6 is 0 Å². The van der Waals surface area contributed by atoms with Crippen LogP contribution in [0.2, 0.25) is 0 Å². The molecular weight excluding hydrogens is 272 g/mol. The first-order valence-corrected chi connectivity index (χ1v) is 9.20. The summed E-state index contributed by atoms with van der Waals surface area (Å²) in [5, 5.41) is 9.58. The summed E-state index contributed by atoms with van der Waals surface area (Å²) in [5.74, 6) is 2.46. The predicted molar refractivity (Wildman–Crippen MR) is 87.3 cm³/mol. The minimum absolute atomic E-state index is 0.299. The molecule has 2 saturated carbocycles. The van der Waals surface area contributed by atoms with Gasteiger partial charge in [0.05, 0.1) is 0 Å². The van der Waals surface area contributed by atoms with Crippen molar-refractivity contribution in [2.75, 3.05) is 6.61 Å². The zero-order valence-corrected chi connectivity index (χ0v) is 13.7. The maximum atomic E-state index is 11.8. The number of ketones is 1. The first-order valence-electron chi connectivity index (χ1n) is 9.20. The number of fused-ring (bicyclic) bond motifs is 4. The Morgan fingerprint density at radius 1 is 1.27 bits per heavy atom. The highest BCUT2D eigenvalue weighted by atomic mass is 16.3. The third-order valence-electron chi connectivity index (χ3n) is 7.09. The van der Waals surface area contributed by atoms with Gasteiger partial charge in [0.1, 0.15) is 0 Å². The van der Waals surface area contributed by atoms with E-state index in [0.29, 0.717) is 30.1 Å². The van der Waals surface area contributed by atoms with Gasteiger partial charge in [-0.25, -0.2) is 0 Å². The van der Waals surface area contributed by atoms with Crippen molar-refractivity contribution in [3.8, 4) is 0 Å². The summed E-state index contributed by atoms with van der Waals surface area (Å²) in [7, 11) is 0. The van der Waals surface area contributed by atoms with E-state index in [-0.39, 0.29) is 0 Å². The fourth-order valence-electron chi connectivity index (χ4n) is 6.26. The third kappa shape index (κ3) is 2.14. The molecule has 22 heavy (non-hydrogen) atoms. The van der Waals surface area contributed by atoms with E-state index >= 15 is 0 Å². The van der Waals surface area contributed by atoms with Crippen LogP contribution in [0.1, 0.15) is 64.7 Å². The van der Waals surface area contributed by atoms with Gasteiger partial charge < -0.3 is 5.11 Å². The zero-order chi connectivity index (χ0) is 15.3. The highest BCUT2D eigenvalue weighted by molar-refractivity contribution is 5.93. The molecule has 0 radical (unpaired) electrons. The molecule has 2 heteroatoms. The van der Waals surface area contributed by atoms with E-state index < -0.39 is 0 Å². The second-order valence-corrected chi connectivity index (χ2v) is 8.28. The van der Waals surface area contributed by atoms with E-state index in [9.17, 15) is 9.90 Å². The molecule has 0 bridgehead atoms. The third-order valence-corrected chi connectivity index (χ3v) is 7.09. The Kier molecular flexibility index (Phi) is 3.56. The molecule has 0 spiro atoms. The van der Waals surface area contributed by atoms with Gasteiger partial charge >= 0.3 is 0 Å². The molecule has 0 unspecified atom stereocenters. The van der Waals surface area contributed by atoms with Crippen LogP contribution < -0.4 is 0 Å². The van der Waals surface area contributed by atoms with Crippen molar-refractivity contribution in [3.63, 3.8) is 0 Å². The second kappa shape index (κ2) is 5.33. The summed E-state index contributed by atoms with van der Waals surface area (Å²) in [6, 6.07) is 0. The maximum Gasteiger partial charge on any atom is 0.156 e. The normalized spacial score (nSPS) is 40.9. The van der Waals surface area contributed by atoms with Gasteiger partial charge in [-0.05, 0) is 85.3 Å². The first-order chi connectivity index (χ1) is 10.6. The number of allylic oxidation sites excluding steroid dienone is 4. The number of aliphatic hydroxyl groups excluding tert-OH is 1. The lowest BCUT2D eigenvalue weighted by Gasteiger charge is -2.51. The van der Waals surface area contributed by atoms with Gasteiger partial charge in [0, 0.05) is 13.0 Å². The lowest BCUT2D eigenvalue weighted by Crippen LogP contribution is -2.41. The van der Waals surface area contributed by atoms with Crippen LogP contribution in [-0.4, -0.2) is 17.5 Å². The molecule has 0 aromatic heterocycles. The van der Waals surface area contributed by atoms with Crippen molar-refractivity contribution in [1.29, 1.82) is 0 Å². The van der Waals surface area contributed by atoms with Gasteiger partial charge in [0.2, 0.25) is 0 Å². The molecule has 0 saturated heterocycles. The Hall–Kier alpha value is -0.890. The van der Waals surface area contributed by atoms with Gasteiger partial charge in [-0.3, -0.25) is 4.79 Å². The van der Waals surface area contributed by atoms with Crippen LogP contribution in [0.15, 0.2) is 22.8 Å². The Bertz CT molecular complexity index is 556. The quantitative estimate of drug-likeness (QED) is 0.830. The average Bonchev–Trinajstić information content (AvgIpc) is 2.88. The zero-order valence-electron chi connectivity index (χ0n) is 13.7. The van der Waals surface area contributed by atoms with Crippen LogP contribution in [-0.2, 0) is 4.79 Å². The molecule has 1 N–H and O–H groups in total. The minimum atomic E-state index is 0.299. The van der Waals surface area contributed by atoms with Crippen molar-refractivity contribution in [1.82, 2.24) is 0 Å². The highest BCUT2D eigenvalue weighted by Crippen LogP contribution is 2.62. The van der Waals surface area contributed by atoms with E-state index in [0.717, 1.165) is 31.1 Å². The Morgan fingerprint density at radius 2 is 2.14 bits per heavy atom. The van der Waals surface area contributed by atoms with E-state index in [2.05, 4.69) is 6.92 Å². The number of hydrogen-bond donors (Lipinski definition) is 1. The summed E-state index contributed by atoms with van der Waals surface area (Å²) >= 11 is 0. The van der Waals surface area contributed by atoms with Crippen molar-refractivity contribution in [2.24, 2.45) is 23.2 Å². The van der Waals surface area contributed by atoms with Crippen LogP contribution in [0.3, 0.4) is 0 Å². The van der Waals surface area contributed by atoms with Crippen molar-refractivity contribution >= 4 is 5.78 Å². The second-order valence-electron chi connectivity index (χ2n) is 8.28. The molecule has 0 aromatic rings. The van der Waals surface area contributed by atoms with Crippen LogP contribution in [0.5, 0.6) is 0 Å². The Morgan fingerprint density at radius 3 is 2.95 bits per heavy atom. The molecule has 4 rings (SSSR count). The SMILES string of the molecule is C[C@@]12CCC[C@H]1[C@@H]1CCC3=CC(=O)CCC3=C1[C@@H](CCO)C2. The Labute approximate surface area is 133 Å². The molecule has 0 heterocycles. The molecule has 4 aliphatic carbocycles. The lowest BCUT2D eigenvalue weighted by atomic mass is 9.54. The number of rotatable bonds is 2. The van der Waals surface area contributed by atoms with Crippen LogP contribution in [0.4, 0.5) is 0 Å². The van der Waals surface area contributed by atoms with Gasteiger partial charge in [-0.1, -0.05) is 18.9 Å². The molecule has 4 aliphatic rings. The molecule has 2 nitrogen and oxygen atoms in total. The minimum Gasteiger partial charge on any atom is -0.396 e. The van der Waals surface area contributed by atoms with Gasteiger partial charge in [0.15, 0.2) is 5.78 Å². The fraction of sp³-hybridized carbons (Fsp3) is 0.750. The monoisotopic (exact) mass is 300 g/mol.